The van der Waals surface area contributed by atoms with Crippen LogP contribution in [0.5, 0.6) is 0 Å². The van der Waals surface area contributed by atoms with Gasteiger partial charge in [-0.2, -0.15) is 0 Å². The van der Waals surface area contributed by atoms with Crippen molar-refractivity contribution in [3.05, 3.63) is 0 Å². The Morgan fingerprint density at radius 2 is 2.00 bits per heavy atom. The minimum Gasteiger partial charge on any atom is -0.389 e. The first-order chi connectivity index (χ1) is 4.63. The molecule has 0 aliphatic carbocycles. The highest BCUT2D eigenvalue weighted by Gasteiger charge is 2.21. The molecular weight excluding hydrogens is 160 g/mol. The summed E-state index contributed by atoms with van der Waals surface area (Å²) in [5.41, 5.74) is 0. The summed E-state index contributed by atoms with van der Waals surface area (Å²) in [5.74, 6) is -1.06. The molecule has 10 heavy (non-hydrogen) atoms. The van der Waals surface area contributed by atoms with Gasteiger partial charge < -0.3 is 15.3 Å². The van der Waals surface area contributed by atoms with Crippen molar-refractivity contribution in [2.75, 3.05) is 12.5 Å². The first-order valence-corrected chi connectivity index (χ1v) is 3.22. The molecule has 60 valence electrons. The van der Waals surface area contributed by atoms with E-state index in [1.807, 2.05) is 0 Å². The van der Waals surface area contributed by atoms with E-state index in [0.717, 1.165) is 0 Å². The first kappa shape index (κ1) is 9.84. The zero-order valence-electron chi connectivity index (χ0n) is 5.20. The molecule has 0 saturated carbocycles. The van der Waals surface area contributed by atoms with Crippen LogP contribution in [0.1, 0.15) is 0 Å². The molecule has 0 bridgehead atoms. The maximum Gasteiger partial charge on any atom is 0.189 e. The van der Waals surface area contributed by atoms with Gasteiger partial charge in [0.2, 0.25) is 0 Å². The lowest BCUT2D eigenvalue weighted by molar-refractivity contribution is -0.134. The third kappa shape index (κ3) is 2.62. The molecule has 0 spiro atoms. The fourth-order valence-electron chi connectivity index (χ4n) is 0.392. The second-order valence-electron chi connectivity index (χ2n) is 1.79. The Balaban J connectivity index is 3.81. The topological polar surface area (TPSA) is 77.8 Å². The SMILES string of the molecule is O=C(CO)[C@@H](O)[C@H](O)CCl. The van der Waals surface area contributed by atoms with Gasteiger partial charge in [-0.05, 0) is 0 Å². The molecule has 0 radical (unpaired) electrons. The van der Waals surface area contributed by atoms with Crippen LogP contribution >= 0.6 is 11.6 Å². The number of carbonyl (C=O) groups is 1. The molecule has 0 fully saturated rings. The number of alkyl halides is 1. The zero-order valence-corrected chi connectivity index (χ0v) is 5.95. The van der Waals surface area contributed by atoms with Crippen molar-refractivity contribution in [2.24, 2.45) is 0 Å². The number of aliphatic hydroxyl groups excluding tert-OH is 3. The van der Waals surface area contributed by atoms with Crippen molar-refractivity contribution in [3.8, 4) is 0 Å². The van der Waals surface area contributed by atoms with Crippen LogP contribution in [0.25, 0.3) is 0 Å². The highest BCUT2D eigenvalue weighted by atomic mass is 35.5. The minimum absolute atomic E-state index is 0.229. The number of hydrogen-bond acceptors (Lipinski definition) is 4. The van der Waals surface area contributed by atoms with E-state index in [4.69, 9.17) is 26.9 Å². The van der Waals surface area contributed by atoms with E-state index in [1.165, 1.54) is 0 Å². The molecule has 5 heteroatoms. The maximum atomic E-state index is 10.4. The Labute approximate surface area is 63.0 Å². The van der Waals surface area contributed by atoms with E-state index in [2.05, 4.69) is 0 Å². The zero-order chi connectivity index (χ0) is 8.15. The molecule has 4 nitrogen and oxygen atoms in total. The van der Waals surface area contributed by atoms with Crippen molar-refractivity contribution < 1.29 is 20.1 Å². The lowest BCUT2D eigenvalue weighted by Crippen LogP contribution is -2.36. The van der Waals surface area contributed by atoms with E-state index >= 15 is 0 Å². The van der Waals surface area contributed by atoms with Gasteiger partial charge in [-0.1, -0.05) is 0 Å². The monoisotopic (exact) mass is 168 g/mol. The Morgan fingerprint density at radius 3 is 2.30 bits per heavy atom. The van der Waals surface area contributed by atoms with Crippen LogP contribution in [0.15, 0.2) is 0 Å². The average Bonchev–Trinajstić information content (AvgIpc) is 2.00. The number of ketones is 1. The van der Waals surface area contributed by atoms with Gasteiger partial charge in [0.1, 0.15) is 18.8 Å². The van der Waals surface area contributed by atoms with Gasteiger partial charge in [-0.3, -0.25) is 4.79 Å². The average molecular weight is 169 g/mol. The molecule has 0 amide bonds. The predicted octanol–water partition coefficient (Wildman–Crippen LogP) is -1.49. The number of rotatable bonds is 4. The standard InChI is InChI=1S/C5H9ClO4/c6-1-3(8)5(10)4(9)2-7/h3,5,7-8,10H,1-2H2/t3-,5+/m1/s1. The summed E-state index contributed by atoms with van der Waals surface area (Å²) in [6.07, 6.45) is -2.86. The highest BCUT2D eigenvalue weighted by Crippen LogP contribution is 1.96. The van der Waals surface area contributed by atoms with Crippen LogP contribution in [0.2, 0.25) is 0 Å². The van der Waals surface area contributed by atoms with Gasteiger partial charge in [0, 0.05) is 0 Å². The van der Waals surface area contributed by atoms with Gasteiger partial charge >= 0.3 is 0 Å². The summed E-state index contributed by atoms with van der Waals surface area (Å²) < 4.78 is 0. The summed E-state index contributed by atoms with van der Waals surface area (Å²) in [6, 6.07) is 0. The normalized spacial score (nSPS) is 16.4. The third-order valence-electron chi connectivity index (χ3n) is 1.01. The van der Waals surface area contributed by atoms with Crippen molar-refractivity contribution >= 4 is 17.4 Å². The Kier molecular flexibility index (Phi) is 4.55. The van der Waals surface area contributed by atoms with Gasteiger partial charge in [0.25, 0.3) is 0 Å². The molecule has 0 aliphatic heterocycles. The molecule has 3 N–H and O–H groups in total. The molecule has 0 rings (SSSR count). The molecule has 0 aliphatic rings. The van der Waals surface area contributed by atoms with Crippen molar-refractivity contribution in [2.45, 2.75) is 12.2 Å². The summed E-state index contributed by atoms with van der Waals surface area (Å²) in [7, 11) is 0. The van der Waals surface area contributed by atoms with Gasteiger partial charge in [-0.25, -0.2) is 0 Å². The van der Waals surface area contributed by atoms with E-state index in [9.17, 15) is 4.79 Å². The molecule has 0 aromatic heterocycles. The lowest BCUT2D eigenvalue weighted by Gasteiger charge is -2.11. The molecule has 0 heterocycles. The summed E-state index contributed by atoms with van der Waals surface area (Å²) in [6.45, 7) is -0.783. The smallest absolute Gasteiger partial charge is 0.189 e. The lowest BCUT2D eigenvalue weighted by atomic mass is 10.1. The molecule has 0 unspecified atom stereocenters. The van der Waals surface area contributed by atoms with E-state index < -0.39 is 24.6 Å². The second kappa shape index (κ2) is 4.62. The number of halogens is 1. The van der Waals surface area contributed by atoms with Crippen LogP contribution in [-0.2, 0) is 4.79 Å². The van der Waals surface area contributed by atoms with E-state index in [-0.39, 0.29) is 5.88 Å². The second-order valence-corrected chi connectivity index (χ2v) is 2.10. The fraction of sp³-hybridized carbons (Fsp3) is 0.800. The molecular formula is C5H9ClO4. The van der Waals surface area contributed by atoms with Crippen molar-refractivity contribution in [1.82, 2.24) is 0 Å². The fourth-order valence-corrected chi connectivity index (χ4v) is 0.561. The predicted molar refractivity (Wildman–Crippen MR) is 34.8 cm³/mol. The van der Waals surface area contributed by atoms with Crippen LogP contribution in [0.4, 0.5) is 0 Å². The van der Waals surface area contributed by atoms with Crippen LogP contribution < -0.4 is 0 Å². The minimum atomic E-state index is -1.57. The Hall–Kier alpha value is -0.160. The quantitative estimate of drug-likeness (QED) is 0.447. The Morgan fingerprint density at radius 1 is 1.50 bits per heavy atom. The third-order valence-corrected chi connectivity index (χ3v) is 1.32. The van der Waals surface area contributed by atoms with E-state index in [0.29, 0.717) is 0 Å². The molecule has 2 atom stereocenters. The Bertz CT molecular complexity index is 116. The largest absolute Gasteiger partial charge is 0.389 e. The number of hydrogen-bond donors (Lipinski definition) is 3. The van der Waals surface area contributed by atoms with E-state index in [1.54, 1.807) is 0 Å². The highest BCUT2D eigenvalue weighted by molar-refractivity contribution is 6.18. The molecule has 0 aromatic carbocycles. The van der Waals surface area contributed by atoms with Gasteiger partial charge in [0.05, 0.1) is 5.88 Å². The summed E-state index contributed by atoms with van der Waals surface area (Å²) >= 11 is 5.10. The number of Topliss-reactive ketones (excluding diaryl/α,β-unsaturated/α-hetero) is 1. The van der Waals surface area contributed by atoms with Crippen LogP contribution in [0.3, 0.4) is 0 Å². The molecule has 0 aromatic rings. The number of carbonyl (C=O) groups excluding carboxylic acids is 1. The van der Waals surface area contributed by atoms with Gasteiger partial charge in [-0.15, -0.1) is 11.6 Å². The summed E-state index contributed by atoms with van der Waals surface area (Å²) in [5, 5.41) is 25.6. The van der Waals surface area contributed by atoms with Crippen LogP contribution in [-0.4, -0.2) is 45.8 Å². The van der Waals surface area contributed by atoms with Gasteiger partial charge in [0.15, 0.2) is 5.78 Å². The molecule has 0 saturated heterocycles. The summed E-state index contributed by atoms with van der Waals surface area (Å²) in [4.78, 5) is 10.4. The van der Waals surface area contributed by atoms with Crippen LogP contribution in [0, 0.1) is 0 Å². The van der Waals surface area contributed by atoms with Crippen molar-refractivity contribution in [3.63, 3.8) is 0 Å². The first-order valence-electron chi connectivity index (χ1n) is 2.69. The number of aliphatic hydroxyl groups is 3. The maximum absolute atomic E-state index is 10.4. The van der Waals surface area contributed by atoms with Crippen molar-refractivity contribution in [1.29, 1.82) is 0 Å².